The van der Waals surface area contributed by atoms with Gasteiger partial charge in [-0.3, -0.25) is 4.68 Å². The van der Waals surface area contributed by atoms with E-state index in [0.717, 1.165) is 54.0 Å². The maximum Gasteiger partial charge on any atom is 0.317 e. The number of aromatic amines is 1. The minimum atomic E-state index is 0.0359. The van der Waals surface area contributed by atoms with Crippen LogP contribution in [0, 0.1) is 6.92 Å². The number of H-pyrrole nitrogens is 1. The van der Waals surface area contributed by atoms with E-state index in [1.165, 1.54) is 5.69 Å². The molecule has 2 aliphatic heterocycles. The first-order valence-electron chi connectivity index (χ1n) is 9.15. The molecule has 0 saturated carbocycles. The molecule has 26 heavy (non-hydrogen) atoms. The number of likely N-dealkylation sites (tertiary alicyclic amines) is 1. The van der Waals surface area contributed by atoms with Crippen LogP contribution in [-0.2, 0) is 12.0 Å². The molecule has 2 N–H and O–H groups in total. The third-order valence-electron chi connectivity index (χ3n) is 5.63. The molecular formula is C19H22N6O. The number of amides is 2. The highest BCUT2D eigenvalue weighted by molar-refractivity contribution is 5.81. The number of rotatable bonds is 2. The lowest BCUT2D eigenvalue weighted by Gasteiger charge is -2.47. The van der Waals surface area contributed by atoms with Crippen LogP contribution in [0.25, 0.3) is 22.3 Å². The monoisotopic (exact) mass is 350 g/mol. The van der Waals surface area contributed by atoms with E-state index in [-0.39, 0.29) is 11.4 Å². The number of aromatic nitrogens is 4. The molecule has 0 bridgehead atoms. The summed E-state index contributed by atoms with van der Waals surface area (Å²) in [6, 6.07) is 6.46. The summed E-state index contributed by atoms with van der Waals surface area (Å²) in [5.41, 5.74) is 5.33. The zero-order valence-electron chi connectivity index (χ0n) is 15.0. The van der Waals surface area contributed by atoms with Gasteiger partial charge in [0.1, 0.15) is 5.65 Å². The Hall–Kier alpha value is -2.83. The summed E-state index contributed by atoms with van der Waals surface area (Å²) in [6.07, 6.45) is 2.94. The number of aryl methyl sites for hydroxylation is 2. The fraction of sp³-hybridized carbons (Fsp3) is 0.421. The van der Waals surface area contributed by atoms with Crippen molar-refractivity contribution in [2.45, 2.75) is 32.2 Å². The van der Waals surface area contributed by atoms with Crippen molar-refractivity contribution in [3.63, 3.8) is 0 Å². The van der Waals surface area contributed by atoms with Crippen molar-refractivity contribution in [2.24, 2.45) is 0 Å². The van der Waals surface area contributed by atoms with Gasteiger partial charge in [-0.25, -0.2) is 9.78 Å². The van der Waals surface area contributed by atoms with E-state index in [9.17, 15) is 4.79 Å². The van der Waals surface area contributed by atoms with Crippen LogP contribution in [0.5, 0.6) is 0 Å². The van der Waals surface area contributed by atoms with E-state index in [1.54, 1.807) is 0 Å². The minimum Gasteiger partial charge on any atom is -0.344 e. The maximum atomic E-state index is 12.0. The largest absolute Gasteiger partial charge is 0.344 e. The van der Waals surface area contributed by atoms with E-state index >= 15 is 0 Å². The van der Waals surface area contributed by atoms with Crippen LogP contribution in [0.3, 0.4) is 0 Å². The molecule has 2 aliphatic rings. The summed E-state index contributed by atoms with van der Waals surface area (Å²) in [4.78, 5) is 21.7. The first-order valence-corrected chi connectivity index (χ1v) is 9.15. The molecule has 1 spiro atoms. The topological polar surface area (TPSA) is 78.8 Å². The van der Waals surface area contributed by atoms with Crippen molar-refractivity contribution >= 4 is 17.1 Å². The Kier molecular flexibility index (Phi) is 3.16. The average Bonchev–Trinajstić information content (AvgIpc) is 3.23. The normalized spacial score (nSPS) is 17.5. The van der Waals surface area contributed by atoms with E-state index in [0.29, 0.717) is 6.54 Å². The number of nitrogens with zero attached hydrogens (tertiary/aromatic N) is 4. The molecule has 2 amide bonds. The molecular weight excluding hydrogens is 328 g/mol. The van der Waals surface area contributed by atoms with Gasteiger partial charge in [-0.2, -0.15) is 5.10 Å². The summed E-state index contributed by atoms with van der Waals surface area (Å²) >= 11 is 0. The van der Waals surface area contributed by atoms with Crippen LogP contribution >= 0.6 is 0 Å². The van der Waals surface area contributed by atoms with Crippen molar-refractivity contribution in [1.82, 2.24) is 30.0 Å². The second kappa shape index (κ2) is 5.33. The van der Waals surface area contributed by atoms with E-state index < -0.39 is 0 Å². The van der Waals surface area contributed by atoms with Gasteiger partial charge in [-0.05, 0) is 38.5 Å². The van der Waals surface area contributed by atoms with Crippen molar-refractivity contribution in [3.05, 3.63) is 35.8 Å². The Labute approximate surface area is 151 Å². The number of carbonyl (C=O) groups is 1. The molecule has 0 aromatic carbocycles. The maximum absolute atomic E-state index is 12.0. The van der Waals surface area contributed by atoms with E-state index in [2.05, 4.69) is 38.2 Å². The zero-order valence-corrected chi connectivity index (χ0v) is 15.0. The molecule has 134 valence electrons. The molecule has 1 fully saturated rings. The zero-order chi connectivity index (χ0) is 17.9. The highest BCUT2D eigenvalue weighted by atomic mass is 16.2. The van der Waals surface area contributed by atoms with Gasteiger partial charge in [0.15, 0.2) is 0 Å². The molecule has 0 unspecified atom stereocenters. The number of carbonyl (C=O) groups excluding carboxylic acids is 1. The van der Waals surface area contributed by atoms with Gasteiger partial charge < -0.3 is 15.2 Å². The first kappa shape index (κ1) is 15.4. The third kappa shape index (κ3) is 2.16. The van der Waals surface area contributed by atoms with E-state index in [4.69, 9.17) is 5.10 Å². The summed E-state index contributed by atoms with van der Waals surface area (Å²) in [5, 5.41) is 8.79. The van der Waals surface area contributed by atoms with Crippen LogP contribution in [0.4, 0.5) is 4.79 Å². The Bertz CT molecular complexity index is 1010. The lowest BCUT2D eigenvalue weighted by Crippen LogP contribution is -2.62. The number of hydrogen-bond donors (Lipinski definition) is 2. The quantitative estimate of drug-likeness (QED) is 0.745. The fourth-order valence-electron chi connectivity index (χ4n) is 4.31. The number of urea groups is 1. The molecule has 0 radical (unpaired) electrons. The van der Waals surface area contributed by atoms with Gasteiger partial charge >= 0.3 is 6.03 Å². The van der Waals surface area contributed by atoms with Gasteiger partial charge in [-0.15, -0.1) is 0 Å². The Morgan fingerprint density at radius 2 is 2.19 bits per heavy atom. The van der Waals surface area contributed by atoms with Gasteiger partial charge in [0.2, 0.25) is 0 Å². The van der Waals surface area contributed by atoms with Crippen molar-refractivity contribution in [1.29, 1.82) is 0 Å². The standard InChI is InChI=1S/C19H22N6O/c1-3-20-18(26)24-10-19(11-24)4-5-25-16(19)8-15(23-25)14-7-13-6-12(2)22-17(13)21-9-14/h6-9H,3-5,10-11H2,1-2H3,(H,20,26)(H,21,22). The Morgan fingerprint density at radius 1 is 1.35 bits per heavy atom. The summed E-state index contributed by atoms with van der Waals surface area (Å²) in [6.45, 7) is 7.11. The molecule has 5 heterocycles. The average molecular weight is 350 g/mol. The Balaban J connectivity index is 1.43. The molecule has 3 aromatic rings. The molecule has 7 heteroatoms. The van der Waals surface area contributed by atoms with Crippen LogP contribution < -0.4 is 5.32 Å². The number of nitrogens with one attached hydrogen (secondary N) is 2. The van der Waals surface area contributed by atoms with Gasteiger partial charge in [0, 0.05) is 60.1 Å². The molecule has 0 aliphatic carbocycles. The lowest BCUT2D eigenvalue weighted by molar-refractivity contribution is 0.0925. The molecule has 3 aromatic heterocycles. The predicted octanol–water partition coefficient (Wildman–Crippen LogP) is 2.42. The fourth-order valence-corrected chi connectivity index (χ4v) is 4.31. The van der Waals surface area contributed by atoms with Gasteiger partial charge in [0.25, 0.3) is 0 Å². The van der Waals surface area contributed by atoms with Gasteiger partial charge in [0.05, 0.1) is 5.69 Å². The molecule has 5 rings (SSSR count). The first-order chi connectivity index (χ1) is 12.6. The van der Waals surface area contributed by atoms with E-state index in [1.807, 2.05) is 24.9 Å². The SMILES string of the molecule is CCNC(=O)N1CC2(CCn3nc(-c4cnc5[nH]c(C)cc5c4)cc32)C1. The smallest absolute Gasteiger partial charge is 0.317 e. The molecule has 0 atom stereocenters. The number of pyridine rings is 1. The summed E-state index contributed by atoms with van der Waals surface area (Å²) in [5.74, 6) is 0. The van der Waals surface area contributed by atoms with Crippen LogP contribution in [0.1, 0.15) is 24.7 Å². The van der Waals surface area contributed by atoms with Crippen molar-refractivity contribution < 1.29 is 4.79 Å². The van der Waals surface area contributed by atoms with Crippen LogP contribution in [0.15, 0.2) is 24.4 Å². The number of fused-ring (bicyclic) bond motifs is 3. The van der Waals surface area contributed by atoms with Gasteiger partial charge in [-0.1, -0.05) is 0 Å². The second-order valence-corrected chi connectivity index (χ2v) is 7.47. The third-order valence-corrected chi connectivity index (χ3v) is 5.63. The van der Waals surface area contributed by atoms with Crippen LogP contribution in [0.2, 0.25) is 0 Å². The Morgan fingerprint density at radius 3 is 3.00 bits per heavy atom. The summed E-state index contributed by atoms with van der Waals surface area (Å²) < 4.78 is 2.11. The van der Waals surface area contributed by atoms with Crippen molar-refractivity contribution in [3.8, 4) is 11.3 Å². The number of hydrogen-bond acceptors (Lipinski definition) is 3. The highest BCUT2D eigenvalue weighted by Gasteiger charge is 2.51. The van der Waals surface area contributed by atoms with Crippen LogP contribution in [-0.4, -0.2) is 50.3 Å². The minimum absolute atomic E-state index is 0.0359. The van der Waals surface area contributed by atoms with Crippen molar-refractivity contribution in [2.75, 3.05) is 19.6 Å². The molecule has 1 saturated heterocycles. The lowest BCUT2D eigenvalue weighted by atomic mass is 9.76. The summed E-state index contributed by atoms with van der Waals surface area (Å²) in [7, 11) is 0. The second-order valence-electron chi connectivity index (χ2n) is 7.47. The highest BCUT2D eigenvalue weighted by Crippen LogP contribution is 2.43. The molecule has 7 nitrogen and oxygen atoms in total. The predicted molar refractivity (Wildman–Crippen MR) is 99.0 cm³/mol.